The zero-order valence-electron chi connectivity index (χ0n) is 30.6. The molecule has 0 N–H and O–H groups in total. The number of hydrogen-bond donors (Lipinski definition) is 0. The third-order valence-corrected chi connectivity index (χ3v) is 12.6. The Morgan fingerprint density at radius 2 is 0.965 bits per heavy atom. The molecule has 13 rings (SSSR count). The smallest absolute Gasteiger partial charge is 0.0898 e. The first-order valence-corrected chi connectivity index (χ1v) is 19.4. The molecule has 0 amide bonds. The number of pyridine rings is 3. The van der Waals surface area contributed by atoms with Crippen LogP contribution in [-0.4, -0.2) is 24.1 Å². The molecule has 5 aromatic heterocycles. The minimum Gasteiger partial charge on any atom is -0.309 e. The van der Waals surface area contributed by atoms with Crippen LogP contribution < -0.4 is 0 Å². The molecule has 5 nitrogen and oxygen atoms in total. The van der Waals surface area contributed by atoms with E-state index in [1.165, 1.54) is 71.9 Å². The maximum Gasteiger partial charge on any atom is 0.0898 e. The van der Waals surface area contributed by atoms with E-state index in [1.54, 1.807) is 0 Å². The molecule has 0 radical (unpaired) electrons. The van der Waals surface area contributed by atoms with Crippen molar-refractivity contribution >= 4 is 43.6 Å². The Bertz CT molecular complexity index is 3360. The topological polar surface area (TPSA) is 48.5 Å². The van der Waals surface area contributed by atoms with E-state index in [-0.39, 0.29) is 0 Å². The lowest BCUT2D eigenvalue weighted by atomic mass is 9.72. The largest absolute Gasteiger partial charge is 0.309 e. The van der Waals surface area contributed by atoms with E-state index in [0.29, 0.717) is 0 Å². The highest BCUT2D eigenvalue weighted by molar-refractivity contribution is 6.16. The Balaban J connectivity index is 0.990. The molecule has 5 heterocycles. The summed E-state index contributed by atoms with van der Waals surface area (Å²) in [5.74, 6) is 0. The van der Waals surface area contributed by atoms with Gasteiger partial charge in [0.25, 0.3) is 0 Å². The molecule has 0 saturated heterocycles. The van der Waals surface area contributed by atoms with Gasteiger partial charge in [-0.25, -0.2) is 0 Å². The molecular weight excluding hydrogens is 695 g/mol. The summed E-state index contributed by atoms with van der Waals surface area (Å²) >= 11 is 0. The van der Waals surface area contributed by atoms with Gasteiger partial charge in [-0.15, -0.1) is 0 Å². The molecule has 2 aliphatic rings. The Labute approximate surface area is 327 Å². The maximum atomic E-state index is 5.18. The molecule has 1 spiro atoms. The van der Waals surface area contributed by atoms with Crippen LogP contribution in [0.5, 0.6) is 0 Å². The molecule has 1 unspecified atom stereocenters. The highest BCUT2D eigenvalue weighted by Crippen LogP contribution is 2.63. The summed E-state index contributed by atoms with van der Waals surface area (Å²) in [6, 6.07) is 57.9. The van der Waals surface area contributed by atoms with Crippen molar-refractivity contribution in [2.24, 2.45) is 0 Å². The maximum absolute atomic E-state index is 5.18. The fraction of sp³-hybridized carbons (Fsp3) is 0.0192. The molecule has 2 aliphatic carbocycles. The second kappa shape index (κ2) is 11.2. The summed E-state index contributed by atoms with van der Waals surface area (Å²) in [5, 5.41) is 4.70. The Kier molecular flexibility index (Phi) is 6.04. The van der Waals surface area contributed by atoms with E-state index in [9.17, 15) is 0 Å². The molecule has 264 valence electrons. The molecule has 5 heteroatoms. The minimum atomic E-state index is -0.502. The van der Waals surface area contributed by atoms with Gasteiger partial charge in [0, 0.05) is 75.0 Å². The van der Waals surface area contributed by atoms with Crippen molar-refractivity contribution in [3.63, 3.8) is 0 Å². The van der Waals surface area contributed by atoms with E-state index in [4.69, 9.17) is 4.98 Å². The van der Waals surface area contributed by atoms with Gasteiger partial charge in [-0.2, -0.15) is 0 Å². The number of aromatic nitrogens is 5. The van der Waals surface area contributed by atoms with Crippen LogP contribution >= 0.6 is 0 Å². The first-order chi connectivity index (χ1) is 28.3. The molecule has 57 heavy (non-hydrogen) atoms. The fourth-order valence-electron chi connectivity index (χ4n) is 10.3. The van der Waals surface area contributed by atoms with Crippen molar-refractivity contribution in [2.75, 3.05) is 0 Å². The van der Waals surface area contributed by atoms with E-state index >= 15 is 0 Å². The first-order valence-electron chi connectivity index (χ1n) is 19.4. The minimum absolute atomic E-state index is 0.502. The van der Waals surface area contributed by atoms with Gasteiger partial charge < -0.3 is 9.13 Å². The molecule has 0 fully saturated rings. The number of hydrogen-bond acceptors (Lipinski definition) is 3. The van der Waals surface area contributed by atoms with Crippen molar-refractivity contribution in [3.05, 3.63) is 211 Å². The van der Waals surface area contributed by atoms with Crippen molar-refractivity contribution in [3.8, 4) is 44.8 Å². The van der Waals surface area contributed by atoms with Gasteiger partial charge in [0.15, 0.2) is 0 Å². The number of benzene rings is 6. The Morgan fingerprint density at radius 1 is 0.386 bits per heavy atom. The lowest BCUT2D eigenvalue weighted by molar-refractivity contribution is 0.761. The molecular formula is C52H31N5. The quantitative estimate of drug-likeness (QED) is 0.182. The summed E-state index contributed by atoms with van der Waals surface area (Å²) in [4.78, 5) is 14.0. The van der Waals surface area contributed by atoms with Gasteiger partial charge in [0.2, 0.25) is 0 Å². The summed E-state index contributed by atoms with van der Waals surface area (Å²) in [5.41, 5.74) is 18.7. The zero-order valence-corrected chi connectivity index (χ0v) is 30.6. The Morgan fingerprint density at radius 3 is 1.68 bits per heavy atom. The van der Waals surface area contributed by atoms with Crippen LogP contribution in [0.4, 0.5) is 0 Å². The predicted molar refractivity (Wildman–Crippen MR) is 230 cm³/mol. The lowest BCUT2D eigenvalue weighted by Gasteiger charge is -2.29. The van der Waals surface area contributed by atoms with Crippen LogP contribution in [0.1, 0.15) is 22.4 Å². The summed E-state index contributed by atoms with van der Waals surface area (Å²) < 4.78 is 4.78. The molecule has 11 aromatic rings. The second-order valence-corrected chi connectivity index (χ2v) is 15.2. The van der Waals surface area contributed by atoms with Crippen LogP contribution in [0.2, 0.25) is 0 Å². The van der Waals surface area contributed by atoms with Gasteiger partial charge in [0.05, 0.1) is 33.2 Å². The number of para-hydroxylation sites is 1. The van der Waals surface area contributed by atoms with Gasteiger partial charge in [0.1, 0.15) is 0 Å². The van der Waals surface area contributed by atoms with Crippen LogP contribution in [0.25, 0.3) is 88.4 Å². The Hall–Kier alpha value is -7.63. The number of rotatable bonds is 3. The SMILES string of the molecule is c1ccc2c(c1)-c1cccnc1C21c2ccccc2-c2c1ccc1c3ccccc3n(-c3ccc(-c4ccc(-n5c6ccncc6c6cnccc65)cc4)cc3)c21. The van der Waals surface area contributed by atoms with Gasteiger partial charge in [-0.1, -0.05) is 109 Å². The van der Waals surface area contributed by atoms with E-state index in [1.807, 2.05) is 31.0 Å². The molecule has 6 aromatic carbocycles. The fourth-order valence-corrected chi connectivity index (χ4v) is 10.3. The highest BCUT2D eigenvalue weighted by Gasteiger charge is 2.53. The van der Waals surface area contributed by atoms with Gasteiger partial charge in [-0.3, -0.25) is 15.0 Å². The molecule has 0 aliphatic heterocycles. The molecule has 1 atom stereocenters. The monoisotopic (exact) mass is 725 g/mol. The van der Waals surface area contributed by atoms with Crippen molar-refractivity contribution in [2.45, 2.75) is 5.41 Å². The molecule has 0 bridgehead atoms. The second-order valence-electron chi connectivity index (χ2n) is 15.2. The average molecular weight is 726 g/mol. The zero-order chi connectivity index (χ0) is 37.2. The third kappa shape index (κ3) is 3.90. The lowest BCUT2D eigenvalue weighted by Crippen LogP contribution is -2.26. The number of nitrogens with zero attached hydrogens (tertiary/aromatic N) is 5. The van der Waals surface area contributed by atoms with Crippen LogP contribution in [0.15, 0.2) is 189 Å². The summed E-state index contributed by atoms with van der Waals surface area (Å²) in [7, 11) is 0. The predicted octanol–water partition coefficient (Wildman–Crippen LogP) is 12.1. The normalized spacial score (nSPS) is 15.1. The highest BCUT2D eigenvalue weighted by atomic mass is 15.0. The van der Waals surface area contributed by atoms with E-state index in [0.717, 1.165) is 38.9 Å². The van der Waals surface area contributed by atoms with E-state index < -0.39 is 5.41 Å². The van der Waals surface area contributed by atoms with Crippen LogP contribution in [0, 0.1) is 0 Å². The van der Waals surface area contributed by atoms with Crippen LogP contribution in [0.3, 0.4) is 0 Å². The van der Waals surface area contributed by atoms with Crippen LogP contribution in [-0.2, 0) is 5.41 Å². The van der Waals surface area contributed by atoms with Gasteiger partial charge >= 0.3 is 0 Å². The van der Waals surface area contributed by atoms with Crippen molar-refractivity contribution in [1.29, 1.82) is 0 Å². The third-order valence-electron chi connectivity index (χ3n) is 12.6. The van der Waals surface area contributed by atoms with E-state index in [2.05, 4.69) is 177 Å². The standard InChI is InChI=1S/C52H31N5/c1-4-12-43-36(8-1)39-11-7-27-55-51(39)52(43)44-13-5-2-10-40(44)49-45(52)24-23-38-37-9-3-6-14-46(37)57(50(38)49)35-21-17-33(18-22-35)32-15-19-34(20-16-32)56-47-25-28-53-30-41(47)42-31-54-29-26-48(42)56/h1-31H. The number of fused-ring (bicyclic) bond motifs is 17. The van der Waals surface area contributed by atoms with Crippen molar-refractivity contribution in [1.82, 2.24) is 24.1 Å². The first kappa shape index (κ1) is 30.7. The van der Waals surface area contributed by atoms with Crippen molar-refractivity contribution < 1.29 is 0 Å². The molecule has 0 saturated carbocycles. The average Bonchev–Trinajstić information content (AvgIpc) is 3.99. The van der Waals surface area contributed by atoms with Gasteiger partial charge in [-0.05, 0) is 87.5 Å². The summed E-state index contributed by atoms with van der Waals surface area (Å²) in [6.45, 7) is 0. The summed E-state index contributed by atoms with van der Waals surface area (Å²) in [6.07, 6.45) is 9.52.